The summed E-state index contributed by atoms with van der Waals surface area (Å²) in [7, 11) is -0.717. The summed E-state index contributed by atoms with van der Waals surface area (Å²) >= 11 is 11.9. The second kappa shape index (κ2) is 7.49. The number of benzene rings is 2. The van der Waals surface area contributed by atoms with Gasteiger partial charge in [0.25, 0.3) is 0 Å². The van der Waals surface area contributed by atoms with Crippen molar-refractivity contribution in [1.82, 2.24) is 4.31 Å². The lowest BCUT2D eigenvalue weighted by Gasteiger charge is -2.11. The van der Waals surface area contributed by atoms with E-state index in [1.807, 2.05) is 0 Å². The Morgan fingerprint density at radius 3 is 2.42 bits per heavy atom. The number of nitrogens with zero attached hydrogens (tertiary/aromatic N) is 1. The summed E-state index contributed by atoms with van der Waals surface area (Å²) in [5, 5.41) is 0.931. The van der Waals surface area contributed by atoms with Gasteiger partial charge in [-0.3, -0.25) is 4.79 Å². The molecule has 0 bridgehead atoms. The number of carbonyl (C=O) groups excluding carboxylic acids is 1. The van der Waals surface area contributed by atoms with Crippen molar-refractivity contribution in [3.8, 4) is 0 Å². The third-order valence-corrected chi connectivity index (χ3v) is 5.65. The Morgan fingerprint density at radius 2 is 1.79 bits per heavy atom. The van der Waals surface area contributed by atoms with Crippen molar-refractivity contribution in [3.63, 3.8) is 0 Å². The zero-order chi connectivity index (χ0) is 17.9. The van der Waals surface area contributed by atoms with E-state index in [4.69, 9.17) is 23.2 Å². The zero-order valence-electron chi connectivity index (χ0n) is 13.0. The van der Waals surface area contributed by atoms with Gasteiger partial charge in [0, 0.05) is 29.7 Å². The molecule has 0 atom stereocenters. The molecule has 0 unspecified atom stereocenters. The summed E-state index contributed by atoms with van der Waals surface area (Å²) in [4.78, 5) is 12.3. The molecule has 0 aliphatic rings. The molecule has 0 fully saturated rings. The molecule has 126 valence electrons. The van der Waals surface area contributed by atoms with Crippen LogP contribution in [0.1, 0.15) is 15.9 Å². The first-order valence-corrected chi connectivity index (χ1v) is 9.11. The highest BCUT2D eigenvalue weighted by molar-refractivity contribution is 7.89. The summed E-state index contributed by atoms with van der Waals surface area (Å²) in [6.07, 6.45) is 2.91. The van der Waals surface area contributed by atoms with Crippen molar-refractivity contribution in [3.05, 3.63) is 69.7 Å². The van der Waals surface area contributed by atoms with Gasteiger partial charge in [-0.05, 0) is 42.0 Å². The number of hydrogen-bond acceptors (Lipinski definition) is 3. The molecule has 2 aromatic rings. The topological polar surface area (TPSA) is 54.5 Å². The first-order chi connectivity index (χ1) is 11.2. The van der Waals surface area contributed by atoms with Gasteiger partial charge in [-0.15, -0.1) is 0 Å². The maximum atomic E-state index is 12.3. The summed E-state index contributed by atoms with van der Waals surface area (Å²) in [5.74, 6) is -0.322. The number of sulfonamides is 1. The molecule has 4 nitrogen and oxygen atoms in total. The van der Waals surface area contributed by atoms with E-state index in [0.717, 1.165) is 4.31 Å². The number of allylic oxidation sites excluding steroid dienone is 1. The average molecular weight is 384 g/mol. The van der Waals surface area contributed by atoms with Crippen molar-refractivity contribution < 1.29 is 13.2 Å². The minimum absolute atomic E-state index is 0.0660. The lowest BCUT2D eigenvalue weighted by Crippen LogP contribution is -2.22. The van der Waals surface area contributed by atoms with Gasteiger partial charge in [-0.25, -0.2) is 12.7 Å². The lowest BCUT2D eigenvalue weighted by atomic mass is 10.1. The van der Waals surface area contributed by atoms with Crippen LogP contribution < -0.4 is 0 Å². The fourth-order valence-electron chi connectivity index (χ4n) is 1.92. The Morgan fingerprint density at radius 1 is 1.08 bits per heavy atom. The van der Waals surface area contributed by atoms with E-state index >= 15 is 0 Å². The van der Waals surface area contributed by atoms with E-state index in [0.29, 0.717) is 15.6 Å². The zero-order valence-corrected chi connectivity index (χ0v) is 15.4. The van der Waals surface area contributed by atoms with E-state index in [1.165, 1.54) is 38.4 Å². The second-order valence-corrected chi connectivity index (χ2v) is 8.17. The van der Waals surface area contributed by atoms with Gasteiger partial charge < -0.3 is 0 Å². The molecular formula is C17H15Cl2NO3S. The van der Waals surface area contributed by atoms with E-state index < -0.39 is 10.0 Å². The minimum Gasteiger partial charge on any atom is -0.289 e. The predicted molar refractivity (Wildman–Crippen MR) is 97.1 cm³/mol. The second-order valence-electron chi connectivity index (χ2n) is 5.18. The molecule has 0 aromatic heterocycles. The van der Waals surface area contributed by atoms with Crippen molar-refractivity contribution >= 4 is 45.1 Å². The molecule has 2 aromatic carbocycles. The van der Waals surface area contributed by atoms with Crippen LogP contribution in [-0.4, -0.2) is 32.6 Å². The summed E-state index contributed by atoms with van der Waals surface area (Å²) in [6.45, 7) is 0. The van der Waals surface area contributed by atoms with Gasteiger partial charge in [0.2, 0.25) is 10.0 Å². The van der Waals surface area contributed by atoms with Gasteiger partial charge in [-0.1, -0.05) is 41.4 Å². The highest BCUT2D eigenvalue weighted by Gasteiger charge is 2.18. The van der Waals surface area contributed by atoms with Gasteiger partial charge >= 0.3 is 0 Å². The lowest BCUT2D eigenvalue weighted by molar-refractivity contribution is 0.104. The normalized spacial score (nSPS) is 12.0. The van der Waals surface area contributed by atoms with Crippen molar-refractivity contribution in [1.29, 1.82) is 0 Å². The summed E-state index contributed by atoms with van der Waals surface area (Å²) in [6, 6.07) is 10.8. The summed E-state index contributed by atoms with van der Waals surface area (Å²) < 4.78 is 25.4. The molecule has 0 heterocycles. The number of carbonyl (C=O) groups is 1. The third kappa shape index (κ3) is 4.24. The van der Waals surface area contributed by atoms with Crippen LogP contribution in [-0.2, 0) is 10.0 Å². The Kier molecular flexibility index (Phi) is 5.83. The van der Waals surface area contributed by atoms with Crippen LogP contribution in [0.5, 0.6) is 0 Å². The maximum absolute atomic E-state index is 12.3. The number of rotatable bonds is 5. The van der Waals surface area contributed by atoms with Crippen molar-refractivity contribution in [2.24, 2.45) is 0 Å². The number of hydrogen-bond donors (Lipinski definition) is 0. The first kappa shape index (κ1) is 18.7. The molecule has 0 radical (unpaired) electrons. The van der Waals surface area contributed by atoms with E-state index in [-0.39, 0.29) is 16.2 Å². The van der Waals surface area contributed by atoms with Crippen LogP contribution in [0.25, 0.3) is 6.08 Å². The van der Waals surface area contributed by atoms with Crippen LogP contribution in [0.4, 0.5) is 0 Å². The van der Waals surface area contributed by atoms with Crippen LogP contribution >= 0.6 is 23.2 Å². The van der Waals surface area contributed by atoms with Crippen LogP contribution in [0.2, 0.25) is 10.0 Å². The molecule has 0 aliphatic heterocycles. The average Bonchev–Trinajstić information content (AvgIpc) is 2.53. The third-order valence-electron chi connectivity index (χ3n) is 3.27. The molecule has 0 N–H and O–H groups in total. The van der Waals surface area contributed by atoms with Crippen molar-refractivity contribution in [2.45, 2.75) is 4.90 Å². The molecule has 7 heteroatoms. The van der Waals surface area contributed by atoms with Crippen LogP contribution in [0.15, 0.2) is 53.4 Å². The highest BCUT2D eigenvalue weighted by atomic mass is 35.5. The largest absolute Gasteiger partial charge is 0.289 e. The van der Waals surface area contributed by atoms with Crippen molar-refractivity contribution in [2.75, 3.05) is 14.1 Å². The number of halogens is 2. The van der Waals surface area contributed by atoms with Crippen LogP contribution in [0, 0.1) is 0 Å². The molecule has 0 amide bonds. The van der Waals surface area contributed by atoms with Gasteiger partial charge in [0.15, 0.2) is 5.78 Å². The Balaban J connectivity index is 2.29. The maximum Gasteiger partial charge on any atom is 0.242 e. The number of ketones is 1. The molecular weight excluding hydrogens is 369 g/mol. The SMILES string of the molecule is CN(C)S(=O)(=O)c1cccc(C(=O)/C=C/c2ccc(Cl)cc2Cl)c1. The van der Waals surface area contributed by atoms with Gasteiger partial charge in [0.1, 0.15) is 0 Å². The predicted octanol–water partition coefficient (Wildman–Crippen LogP) is 4.14. The van der Waals surface area contributed by atoms with E-state index in [1.54, 1.807) is 30.3 Å². The molecule has 0 saturated heterocycles. The smallest absolute Gasteiger partial charge is 0.242 e. The molecule has 24 heavy (non-hydrogen) atoms. The fourth-order valence-corrected chi connectivity index (χ4v) is 3.34. The van der Waals surface area contributed by atoms with E-state index in [9.17, 15) is 13.2 Å². The molecule has 0 saturated carbocycles. The first-order valence-electron chi connectivity index (χ1n) is 6.92. The minimum atomic E-state index is -3.59. The van der Waals surface area contributed by atoms with Crippen LogP contribution in [0.3, 0.4) is 0 Å². The molecule has 0 aliphatic carbocycles. The summed E-state index contributed by atoms with van der Waals surface area (Å²) in [5.41, 5.74) is 0.922. The quantitative estimate of drug-likeness (QED) is 0.575. The molecule has 2 rings (SSSR count). The Labute approximate surface area is 151 Å². The monoisotopic (exact) mass is 383 g/mol. The Hall–Kier alpha value is -1.66. The van der Waals surface area contributed by atoms with E-state index in [2.05, 4.69) is 0 Å². The molecule has 0 spiro atoms. The van der Waals surface area contributed by atoms with Gasteiger partial charge in [0.05, 0.1) is 4.90 Å². The van der Waals surface area contributed by atoms with Gasteiger partial charge in [-0.2, -0.15) is 0 Å². The highest BCUT2D eigenvalue weighted by Crippen LogP contribution is 2.22. The fraction of sp³-hybridized carbons (Fsp3) is 0.118. The Bertz CT molecular complexity index is 906. The standard InChI is InChI=1S/C17H15Cl2NO3S/c1-20(2)24(22,23)15-5-3-4-13(10-15)17(21)9-7-12-6-8-14(18)11-16(12)19/h3-11H,1-2H3/b9-7+.